The third-order valence-corrected chi connectivity index (χ3v) is 2.62. The summed E-state index contributed by atoms with van der Waals surface area (Å²) in [4.78, 5) is 14.1. The summed E-state index contributed by atoms with van der Waals surface area (Å²) in [6.45, 7) is 0. The number of nitrogens with zero attached hydrogens (tertiary/aromatic N) is 1. The maximum absolute atomic E-state index is 12.7. The van der Waals surface area contributed by atoms with E-state index in [1.54, 1.807) is 0 Å². The van der Waals surface area contributed by atoms with Crippen LogP contribution in [-0.4, -0.2) is 16.1 Å². The van der Waals surface area contributed by atoms with Gasteiger partial charge in [0.1, 0.15) is 0 Å². The molecule has 0 fully saturated rings. The number of carboxylic acids is 1. The van der Waals surface area contributed by atoms with Gasteiger partial charge in [0.05, 0.1) is 10.2 Å². The van der Waals surface area contributed by atoms with Gasteiger partial charge in [-0.1, -0.05) is 0 Å². The molecule has 1 aromatic carbocycles. The molecule has 0 saturated heterocycles. The summed E-state index contributed by atoms with van der Waals surface area (Å²) in [7, 11) is 0. The molecule has 0 aliphatic rings. The summed E-state index contributed by atoms with van der Waals surface area (Å²) in [5.41, 5.74) is 0.159. The highest BCUT2D eigenvalue weighted by Crippen LogP contribution is 2.24. The van der Waals surface area contributed by atoms with Crippen LogP contribution in [0, 0.1) is 11.6 Å². The average Bonchev–Trinajstić information content (AvgIpc) is 2.48. The molecule has 1 heterocycles. The lowest BCUT2D eigenvalue weighted by Gasteiger charge is -1.90. The number of rotatable bonds is 1. The van der Waals surface area contributed by atoms with E-state index in [-0.39, 0.29) is 10.5 Å². The quantitative estimate of drug-likeness (QED) is 0.793. The standard InChI is InChI=1S/C8H3F2NO2S/c9-3-1-5-6(2-4(3)10)14-7(11-5)8(12)13/h1-2H,(H,12,13). The fourth-order valence-corrected chi connectivity index (χ4v) is 1.83. The van der Waals surface area contributed by atoms with E-state index in [0.717, 1.165) is 23.5 Å². The molecule has 0 bridgehead atoms. The predicted molar refractivity (Wildman–Crippen MR) is 46.5 cm³/mol. The van der Waals surface area contributed by atoms with Gasteiger partial charge in [0.25, 0.3) is 0 Å². The topological polar surface area (TPSA) is 50.2 Å². The number of aromatic nitrogens is 1. The summed E-state index contributed by atoms with van der Waals surface area (Å²) in [6, 6.07) is 1.82. The Morgan fingerprint density at radius 2 is 2.00 bits per heavy atom. The van der Waals surface area contributed by atoms with Crippen LogP contribution in [0.2, 0.25) is 0 Å². The molecule has 0 aliphatic heterocycles. The van der Waals surface area contributed by atoms with Crippen molar-refractivity contribution in [2.45, 2.75) is 0 Å². The minimum atomic E-state index is -1.20. The third kappa shape index (κ3) is 1.33. The Balaban J connectivity index is 2.72. The van der Waals surface area contributed by atoms with Gasteiger partial charge >= 0.3 is 5.97 Å². The van der Waals surface area contributed by atoms with Crippen molar-refractivity contribution in [3.05, 3.63) is 28.8 Å². The Kier molecular flexibility index (Phi) is 1.92. The average molecular weight is 215 g/mol. The molecule has 1 aromatic heterocycles. The molecule has 2 rings (SSSR count). The van der Waals surface area contributed by atoms with Gasteiger partial charge in [-0.2, -0.15) is 0 Å². The van der Waals surface area contributed by atoms with Gasteiger partial charge in [-0.15, -0.1) is 11.3 Å². The van der Waals surface area contributed by atoms with Crippen molar-refractivity contribution in [2.75, 3.05) is 0 Å². The zero-order chi connectivity index (χ0) is 10.3. The van der Waals surface area contributed by atoms with Gasteiger partial charge in [-0.05, 0) is 6.07 Å². The van der Waals surface area contributed by atoms with Crippen LogP contribution in [0.4, 0.5) is 8.78 Å². The minimum absolute atomic E-state index is 0.159. The number of aromatic carboxylic acids is 1. The fraction of sp³-hybridized carbons (Fsp3) is 0. The first-order chi connectivity index (χ1) is 6.58. The highest BCUT2D eigenvalue weighted by Gasteiger charge is 2.13. The van der Waals surface area contributed by atoms with Crippen molar-refractivity contribution in [3.63, 3.8) is 0 Å². The highest BCUT2D eigenvalue weighted by molar-refractivity contribution is 7.20. The number of benzene rings is 1. The van der Waals surface area contributed by atoms with Crippen LogP contribution in [-0.2, 0) is 0 Å². The molecule has 72 valence electrons. The number of fused-ring (bicyclic) bond motifs is 1. The SMILES string of the molecule is O=C(O)c1nc2cc(F)c(F)cc2s1. The molecular formula is C8H3F2NO2S. The molecule has 14 heavy (non-hydrogen) atoms. The van der Waals surface area contributed by atoms with E-state index in [4.69, 9.17) is 5.11 Å². The maximum Gasteiger partial charge on any atom is 0.365 e. The fourth-order valence-electron chi connectivity index (χ4n) is 1.02. The molecule has 0 aliphatic carbocycles. The van der Waals surface area contributed by atoms with E-state index in [2.05, 4.69) is 4.98 Å². The van der Waals surface area contributed by atoms with Crippen LogP contribution in [0.1, 0.15) is 9.80 Å². The Hall–Kier alpha value is -1.56. The lowest BCUT2D eigenvalue weighted by Crippen LogP contribution is -1.93. The van der Waals surface area contributed by atoms with Crippen LogP contribution in [0.25, 0.3) is 10.2 Å². The van der Waals surface area contributed by atoms with Gasteiger partial charge in [-0.25, -0.2) is 18.6 Å². The molecule has 0 atom stereocenters. The van der Waals surface area contributed by atoms with Crippen LogP contribution in [0.5, 0.6) is 0 Å². The number of halogens is 2. The second-order valence-corrected chi connectivity index (χ2v) is 3.59. The molecule has 3 nitrogen and oxygen atoms in total. The molecule has 0 spiro atoms. The van der Waals surface area contributed by atoms with E-state index in [9.17, 15) is 13.6 Å². The van der Waals surface area contributed by atoms with E-state index in [0.29, 0.717) is 4.70 Å². The van der Waals surface area contributed by atoms with Crippen LogP contribution < -0.4 is 0 Å². The second-order valence-electron chi connectivity index (χ2n) is 2.56. The van der Waals surface area contributed by atoms with Crippen molar-refractivity contribution in [1.29, 1.82) is 0 Å². The summed E-state index contributed by atoms with van der Waals surface area (Å²) >= 11 is 0.811. The molecule has 0 unspecified atom stereocenters. The third-order valence-electron chi connectivity index (χ3n) is 1.61. The summed E-state index contributed by atoms with van der Waals surface area (Å²) < 4.78 is 25.7. The number of hydrogen-bond donors (Lipinski definition) is 1. The summed E-state index contributed by atoms with van der Waals surface area (Å²) in [5, 5.41) is 8.41. The van der Waals surface area contributed by atoms with E-state index in [1.807, 2.05) is 0 Å². The number of thiazole rings is 1. The largest absolute Gasteiger partial charge is 0.476 e. The predicted octanol–water partition coefficient (Wildman–Crippen LogP) is 2.27. The molecule has 0 radical (unpaired) electrons. The van der Waals surface area contributed by atoms with Crippen molar-refractivity contribution in [3.8, 4) is 0 Å². The van der Waals surface area contributed by atoms with Gasteiger partial charge in [0, 0.05) is 6.07 Å². The lowest BCUT2D eigenvalue weighted by molar-refractivity contribution is 0.0696. The van der Waals surface area contributed by atoms with E-state index < -0.39 is 17.6 Å². The summed E-state index contributed by atoms with van der Waals surface area (Å²) in [5.74, 6) is -3.23. The lowest BCUT2D eigenvalue weighted by atomic mass is 10.3. The molecule has 1 N–H and O–H groups in total. The first kappa shape index (κ1) is 9.01. The molecule has 6 heteroatoms. The van der Waals surface area contributed by atoms with Gasteiger partial charge in [-0.3, -0.25) is 0 Å². The minimum Gasteiger partial charge on any atom is -0.476 e. The molecule has 0 saturated carbocycles. The second kappa shape index (κ2) is 2.98. The highest BCUT2D eigenvalue weighted by atomic mass is 32.1. The zero-order valence-electron chi connectivity index (χ0n) is 6.62. The summed E-state index contributed by atoms with van der Waals surface area (Å²) in [6.07, 6.45) is 0. The van der Waals surface area contributed by atoms with Gasteiger partial charge < -0.3 is 5.11 Å². The van der Waals surface area contributed by atoms with E-state index in [1.165, 1.54) is 0 Å². The normalized spacial score (nSPS) is 10.7. The maximum atomic E-state index is 12.7. The van der Waals surface area contributed by atoms with Crippen molar-refractivity contribution < 1.29 is 18.7 Å². The smallest absolute Gasteiger partial charge is 0.365 e. The van der Waals surface area contributed by atoms with Gasteiger partial charge in [0.2, 0.25) is 5.01 Å². The Morgan fingerprint density at radius 3 is 2.64 bits per heavy atom. The number of carbonyl (C=O) groups is 1. The number of carboxylic acid groups (broad SMARTS) is 1. The molecule has 2 aromatic rings. The van der Waals surface area contributed by atoms with Gasteiger partial charge in [0.15, 0.2) is 11.6 Å². The van der Waals surface area contributed by atoms with Crippen molar-refractivity contribution in [1.82, 2.24) is 4.98 Å². The van der Waals surface area contributed by atoms with Crippen molar-refractivity contribution in [2.24, 2.45) is 0 Å². The molecular weight excluding hydrogens is 212 g/mol. The van der Waals surface area contributed by atoms with Crippen LogP contribution in [0.15, 0.2) is 12.1 Å². The van der Waals surface area contributed by atoms with Crippen molar-refractivity contribution >= 4 is 27.5 Å². The van der Waals surface area contributed by atoms with Crippen LogP contribution >= 0.6 is 11.3 Å². The molecule has 0 amide bonds. The monoisotopic (exact) mass is 215 g/mol. The first-order valence-electron chi connectivity index (χ1n) is 3.57. The Morgan fingerprint density at radius 1 is 1.36 bits per heavy atom. The first-order valence-corrected chi connectivity index (χ1v) is 4.38. The number of hydrogen-bond acceptors (Lipinski definition) is 3. The zero-order valence-corrected chi connectivity index (χ0v) is 7.44. The Labute approximate surface area is 80.6 Å². The van der Waals surface area contributed by atoms with E-state index >= 15 is 0 Å². The Bertz CT molecular complexity index is 484. The van der Waals surface area contributed by atoms with Crippen LogP contribution in [0.3, 0.4) is 0 Å².